The van der Waals surface area contributed by atoms with Crippen LogP contribution in [-0.2, 0) is 17.8 Å². The van der Waals surface area contributed by atoms with Crippen LogP contribution in [0, 0.1) is 0 Å². The van der Waals surface area contributed by atoms with Crippen molar-refractivity contribution < 1.29 is 9.53 Å². The van der Waals surface area contributed by atoms with Crippen molar-refractivity contribution in [2.45, 2.75) is 13.0 Å². The van der Waals surface area contributed by atoms with Gasteiger partial charge < -0.3 is 19.9 Å². The number of nitrogens with zero attached hydrogens (tertiary/aromatic N) is 3. The van der Waals surface area contributed by atoms with Gasteiger partial charge in [0.15, 0.2) is 5.96 Å². The van der Waals surface area contributed by atoms with Gasteiger partial charge in [0.1, 0.15) is 12.4 Å². The van der Waals surface area contributed by atoms with Gasteiger partial charge >= 0.3 is 0 Å². The van der Waals surface area contributed by atoms with Crippen molar-refractivity contribution in [3.05, 3.63) is 65.7 Å². The Balaban J connectivity index is 1.43. The molecule has 0 aliphatic carbocycles. The molecule has 0 saturated carbocycles. The van der Waals surface area contributed by atoms with Crippen molar-refractivity contribution in [1.29, 1.82) is 0 Å². The third-order valence-electron chi connectivity index (χ3n) is 4.89. The van der Waals surface area contributed by atoms with Crippen molar-refractivity contribution in [1.82, 2.24) is 15.1 Å². The normalized spacial score (nSPS) is 13.6. The summed E-state index contributed by atoms with van der Waals surface area (Å²) in [6.45, 7) is 2.88. The largest absolute Gasteiger partial charge is 0.492 e. The van der Waals surface area contributed by atoms with Crippen molar-refractivity contribution in [3.63, 3.8) is 0 Å². The van der Waals surface area contributed by atoms with E-state index in [2.05, 4.69) is 28.5 Å². The Morgan fingerprint density at radius 1 is 1.14 bits per heavy atom. The summed E-state index contributed by atoms with van der Waals surface area (Å²) < 4.78 is 5.73. The summed E-state index contributed by atoms with van der Waals surface area (Å²) in [5.74, 6) is 1.62. The van der Waals surface area contributed by atoms with Crippen LogP contribution in [-0.4, -0.2) is 62.0 Å². The Bertz CT molecular complexity index is 807. The van der Waals surface area contributed by atoms with Crippen LogP contribution in [0.1, 0.15) is 11.1 Å². The van der Waals surface area contributed by atoms with Crippen LogP contribution in [0.3, 0.4) is 0 Å². The predicted molar refractivity (Wildman–Crippen MR) is 111 cm³/mol. The van der Waals surface area contributed by atoms with E-state index in [4.69, 9.17) is 4.74 Å². The highest BCUT2D eigenvalue weighted by molar-refractivity contribution is 5.86. The topological polar surface area (TPSA) is 57.2 Å². The second-order valence-electron chi connectivity index (χ2n) is 6.82. The first kappa shape index (κ1) is 19.7. The zero-order valence-electron chi connectivity index (χ0n) is 16.6. The van der Waals surface area contributed by atoms with Crippen LogP contribution in [0.5, 0.6) is 5.75 Å². The highest BCUT2D eigenvalue weighted by atomic mass is 16.5. The molecule has 6 nitrogen and oxygen atoms in total. The standard InChI is InChI=1S/C22H28N4O2/c1-23-22(25(2)14-15-28-20-10-4-3-5-11-20)24-16-21(27)26-13-12-18-8-6-7-9-19(18)17-26/h3-11H,12-17H2,1-2H3,(H,23,24). The third kappa shape index (κ3) is 5.25. The van der Waals surface area contributed by atoms with Gasteiger partial charge in [0.05, 0.1) is 13.1 Å². The second kappa shape index (κ2) is 9.78. The molecule has 0 spiro atoms. The van der Waals surface area contributed by atoms with Crippen LogP contribution in [0.15, 0.2) is 59.6 Å². The highest BCUT2D eigenvalue weighted by Gasteiger charge is 2.20. The quantitative estimate of drug-likeness (QED) is 0.616. The average Bonchev–Trinajstić information content (AvgIpc) is 2.74. The van der Waals surface area contributed by atoms with Gasteiger partial charge in [-0.3, -0.25) is 9.79 Å². The van der Waals surface area contributed by atoms with Gasteiger partial charge in [-0.1, -0.05) is 42.5 Å². The fourth-order valence-electron chi connectivity index (χ4n) is 3.28. The maximum absolute atomic E-state index is 12.6. The molecule has 3 rings (SSSR count). The molecule has 148 valence electrons. The summed E-state index contributed by atoms with van der Waals surface area (Å²) in [5, 5.41) is 3.17. The Hall–Kier alpha value is -3.02. The Kier molecular flexibility index (Phi) is 6.89. The number of benzene rings is 2. The lowest BCUT2D eigenvalue weighted by Crippen LogP contribution is -2.47. The number of fused-ring (bicyclic) bond motifs is 1. The molecule has 0 atom stereocenters. The first-order valence-corrected chi connectivity index (χ1v) is 9.61. The number of amides is 1. The molecule has 1 aliphatic rings. The van der Waals surface area contributed by atoms with Crippen LogP contribution in [0.25, 0.3) is 0 Å². The van der Waals surface area contributed by atoms with Gasteiger partial charge in [-0.2, -0.15) is 0 Å². The number of guanidine groups is 1. The Morgan fingerprint density at radius 3 is 2.61 bits per heavy atom. The second-order valence-corrected chi connectivity index (χ2v) is 6.82. The molecular formula is C22H28N4O2. The summed E-state index contributed by atoms with van der Waals surface area (Å²) >= 11 is 0. The lowest BCUT2D eigenvalue weighted by atomic mass is 10.00. The fraction of sp³-hybridized carbons (Fsp3) is 0.364. The lowest BCUT2D eigenvalue weighted by Gasteiger charge is -2.29. The molecule has 0 bridgehead atoms. The summed E-state index contributed by atoms with van der Waals surface area (Å²) in [6, 6.07) is 18.0. The first-order chi connectivity index (χ1) is 13.7. The molecule has 2 aromatic rings. The van der Waals surface area contributed by atoms with E-state index >= 15 is 0 Å². The minimum absolute atomic E-state index is 0.0876. The molecule has 6 heteroatoms. The number of carbonyl (C=O) groups is 1. The molecule has 1 heterocycles. The van der Waals surface area contributed by atoms with Gasteiger partial charge in [-0.15, -0.1) is 0 Å². The number of hydrogen-bond donors (Lipinski definition) is 1. The monoisotopic (exact) mass is 380 g/mol. The number of ether oxygens (including phenoxy) is 1. The van der Waals surface area contributed by atoms with E-state index in [-0.39, 0.29) is 12.5 Å². The predicted octanol–water partition coefficient (Wildman–Crippen LogP) is 2.16. The minimum Gasteiger partial charge on any atom is -0.492 e. The SMILES string of the molecule is CN=C(NCC(=O)N1CCc2ccccc2C1)N(C)CCOc1ccccc1. The van der Waals surface area contributed by atoms with Crippen molar-refractivity contribution in [3.8, 4) is 5.75 Å². The maximum Gasteiger partial charge on any atom is 0.242 e. The molecule has 0 radical (unpaired) electrons. The maximum atomic E-state index is 12.6. The van der Waals surface area contributed by atoms with E-state index in [1.165, 1.54) is 11.1 Å². The smallest absolute Gasteiger partial charge is 0.242 e. The highest BCUT2D eigenvalue weighted by Crippen LogP contribution is 2.18. The molecule has 28 heavy (non-hydrogen) atoms. The zero-order valence-corrected chi connectivity index (χ0v) is 16.6. The van der Waals surface area contributed by atoms with E-state index in [1.807, 2.05) is 53.2 Å². The number of aliphatic imine (C=N–C) groups is 1. The van der Waals surface area contributed by atoms with Crippen molar-refractivity contribution in [2.75, 3.05) is 40.3 Å². The molecule has 0 aromatic heterocycles. The molecular weight excluding hydrogens is 352 g/mol. The number of likely N-dealkylation sites (N-methyl/N-ethyl adjacent to an activating group) is 1. The summed E-state index contributed by atoms with van der Waals surface area (Å²) in [6.07, 6.45) is 0.910. The minimum atomic E-state index is 0.0876. The van der Waals surface area contributed by atoms with Gasteiger partial charge in [0.25, 0.3) is 0 Å². The van der Waals surface area contributed by atoms with Crippen LogP contribution in [0.4, 0.5) is 0 Å². The van der Waals surface area contributed by atoms with Crippen molar-refractivity contribution >= 4 is 11.9 Å². The van der Waals surface area contributed by atoms with Crippen LogP contribution < -0.4 is 10.1 Å². The summed E-state index contributed by atoms with van der Waals surface area (Å²) in [5.41, 5.74) is 2.58. The number of nitrogens with one attached hydrogen (secondary N) is 1. The summed E-state index contributed by atoms with van der Waals surface area (Å²) in [4.78, 5) is 20.8. The summed E-state index contributed by atoms with van der Waals surface area (Å²) in [7, 11) is 3.66. The van der Waals surface area contributed by atoms with Crippen LogP contribution in [0.2, 0.25) is 0 Å². The Morgan fingerprint density at radius 2 is 1.86 bits per heavy atom. The van der Waals surface area contributed by atoms with Gasteiger partial charge in [-0.05, 0) is 29.7 Å². The number of rotatable bonds is 6. The third-order valence-corrected chi connectivity index (χ3v) is 4.89. The van der Waals surface area contributed by atoms with Gasteiger partial charge in [0.2, 0.25) is 5.91 Å². The van der Waals surface area contributed by atoms with E-state index in [9.17, 15) is 4.79 Å². The fourth-order valence-corrected chi connectivity index (χ4v) is 3.28. The molecule has 0 fully saturated rings. The molecule has 2 aromatic carbocycles. The number of hydrogen-bond acceptors (Lipinski definition) is 3. The van der Waals surface area contributed by atoms with E-state index in [0.29, 0.717) is 25.7 Å². The van der Waals surface area contributed by atoms with E-state index in [1.54, 1.807) is 7.05 Å². The number of carbonyl (C=O) groups excluding carboxylic acids is 1. The van der Waals surface area contributed by atoms with E-state index in [0.717, 1.165) is 18.7 Å². The van der Waals surface area contributed by atoms with Gasteiger partial charge in [0, 0.05) is 27.2 Å². The molecule has 1 aliphatic heterocycles. The Labute approximate surface area is 166 Å². The van der Waals surface area contributed by atoms with Gasteiger partial charge in [-0.25, -0.2) is 0 Å². The molecule has 0 unspecified atom stereocenters. The molecule has 1 N–H and O–H groups in total. The lowest BCUT2D eigenvalue weighted by molar-refractivity contribution is -0.130. The molecule has 0 saturated heterocycles. The van der Waals surface area contributed by atoms with E-state index < -0.39 is 0 Å². The first-order valence-electron chi connectivity index (χ1n) is 9.61. The zero-order chi connectivity index (χ0) is 19.8. The average molecular weight is 380 g/mol. The molecule has 1 amide bonds. The van der Waals surface area contributed by atoms with Crippen LogP contribution >= 0.6 is 0 Å². The number of para-hydroxylation sites is 1. The van der Waals surface area contributed by atoms with Crippen molar-refractivity contribution in [2.24, 2.45) is 4.99 Å².